The Balaban J connectivity index is 3.69. The van der Waals surface area contributed by atoms with Crippen LogP contribution in [0.1, 0.15) is 47.5 Å². The molecule has 0 spiro atoms. The van der Waals surface area contributed by atoms with E-state index in [0.717, 1.165) is 19.4 Å². The first-order chi connectivity index (χ1) is 7.39. The highest BCUT2D eigenvalue weighted by atomic mass is 16.5. The van der Waals surface area contributed by atoms with Crippen LogP contribution in [0.2, 0.25) is 0 Å². The largest absolute Gasteiger partial charge is 0.394 e. The van der Waals surface area contributed by atoms with Gasteiger partial charge in [-0.15, -0.1) is 0 Å². The summed E-state index contributed by atoms with van der Waals surface area (Å²) in [7, 11) is 0. The number of hydrogen-bond donors (Lipinski definition) is 2. The molecule has 2 N–H and O–H groups in total. The van der Waals surface area contributed by atoms with E-state index in [2.05, 4.69) is 33.0 Å². The van der Waals surface area contributed by atoms with E-state index < -0.39 is 0 Å². The molecular formula is C13H29NO2. The van der Waals surface area contributed by atoms with Crippen LogP contribution in [0.5, 0.6) is 0 Å². The normalized spacial score (nSPS) is 15.8. The molecule has 0 bridgehead atoms. The van der Waals surface area contributed by atoms with Crippen LogP contribution in [-0.4, -0.2) is 36.5 Å². The third kappa shape index (κ3) is 8.08. The topological polar surface area (TPSA) is 41.5 Å². The van der Waals surface area contributed by atoms with Crippen LogP contribution < -0.4 is 5.32 Å². The molecular weight excluding hydrogens is 202 g/mol. The van der Waals surface area contributed by atoms with E-state index >= 15 is 0 Å². The quantitative estimate of drug-likeness (QED) is 0.598. The van der Waals surface area contributed by atoms with Gasteiger partial charge in [-0.3, -0.25) is 0 Å². The van der Waals surface area contributed by atoms with E-state index in [-0.39, 0.29) is 12.1 Å². The maximum atomic E-state index is 9.36. The molecule has 0 aliphatic heterocycles. The van der Waals surface area contributed by atoms with E-state index in [1.807, 2.05) is 6.92 Å². The number of nitrogens with one attached hydrogen (secondary N) is 1. The molecule has 0 saturated heterocycles. The van der Waals surface area contributed by atoms with Crippen LogP contribution >= 0.6 is 0 Å². The number of hydrogen-bond acceptors (Lipinski definition) is 3. The van der Waals surface area contributed by atoms with Crippen LogP contribution in [-0.2, 0) is 4.74 Å². The summed E-state index contributed by atoms with van der Waals surface area (Å²) >= 11 is 0. The molecule has 1 atom stereocenters. The Hall–Kier alpha value is -0.120. The summed E-state index contributed by atoms with van der Waals surface area (Å²) in [6.45, 7) is 12.3. The monoisotopic (exact) mass is 231 g/mol. The summed E-state index contributed by atoms with van der Waals surface area (Å²) in [5.74, 6) is 0.693. The Morgan fingerprint density at radius 1 is 1.19 bits per heavy atom. The maximum Gasteiger partial charge on any atom is 0.0611 e. The smallest absolute Gasteiger partial charge is 0.0611 e. The summed E-state index contributed by atoms with van der Waals surface area (Å²) in [4.78, 5) is 0. The van der Waals surface area contributed by atoms with Crippen molar-refractivity contribution in [1.29, 1.82) is 0 Å². The van der Waals surface area contributed by atoms with Crippen molar-refractivity contribution in [2.24, 2.45) is 5.92 Å². The number of ether oxygens (including phenoxy) is 1. The fourth-order valence-corrected chi connectivity index (χ4v) is 1.61. The van der Waals surface area contributed by atoms with Crippen molar-refractivity contribution in [3.63, 3.8) is 0 Å². The van der Waals surface area contributed by atoms with Crippen molar-refractivity contribution >= 4 is 0 Å². The zero-order valence-electron chi connectivity index (χ0n) is 11.5. The lowest BCUT2D eigenvalue weighted by molar-refractivity contribution is 0.0783. The van der Waals surface area contributed by atoms with E-state index in [9.17, 15) is 5.11 Å². The molecule has 0 aliphatic rings. The molecule has 3 nitrogen and oxygen atoms in total. The third-order valence-electron chi connectivity index (χ3n) is 2.62. The SMILES string of the molecule is CC(C)CCOCCC(C)(CO)NC(C)C. The Bertz CT molecular complexity index is 171. The van der Waals surface area contributed by atoms with Crippen molar-refractivity contribution in [1.82, 2.24) is 5.32 Å². The fourth-order valence-electron chi connectivity index (χ4n) is 1.61. The molecule has 1 unspecified atom stereocenters. The van der Waals surface area contributed by atoms with Crippen molar-refractivity contribution in [3.8, 4) is 0 Å². The van der Waals surface area contributed by atoms with E-state index in [4.69, 9.17) is 4.74 Å². The summed E-state index contributed by atoms with van der Waals surface area (Å²) in [6, 6.07) is 0.382. The van der Waals surface area contributed by atoms with Crippen LogP contribution in [0, 0.1) is 5.92 Å². The molecule has 3 heteroatoms. The van der Waals surface area contributed by atoms with Crippen molar-refractivity contribution in [2.75, 3.05) is 19.8 Å². The van der Waals surface area contributed by atoms with Gasteiger partial charge < -0.3 is 15.2 Å². The van der Waals surface area contributed by atoms with Gasteiger partial charge in [-0.2, -0.15) is 0 Å². The Morgan fingerprint density at radius 2 is 1.81 bits per heavy atom. The molecule has 0 fully saturated rings. The average Bonchev–Trinajstić information content (AvgIpc) is 2.15. The second-order valence-corrected chi connectivity index (χ2v) is 5.56. The van der Waals surface area contributed by atoms with Gasteiger partial charge in [-0.25, -0.2) is 0 Å². The van der Waals surface area contributed by atoms with Gasteiger partial charge in [0.1, 0.15) is 0 Å². The van der Waals surface area contributed by atoms with E-state index in [1.165, 1.54) is 0 Å². The van der Waals surface area contributed by atoms with Gasteiger partial charge in [0.15, 0.2) is 0 Å². The molecule has 0 radical (unpaired) electrons. The highest BCUT2D eigenvalue weighted by Crippen LogP contribution is 2.10. The first-order valence-corrected chi connectivity index (χ1v) is 6.36. The zero-order chi connectivity index (χ0) is 12.6. The summed E-state index contributed by atoms with van der Waals surface area (Å²) in [5.41, 5.74) is -0.216. The maximum absolute atomic E-state index is 9.36. The van der Waals surface area contributed by atoms with E-state index in [0.29, 0.717) is 18.6 Å². The predicted molar refractivity (Wildman–Crippen MR) is 68.7 cm³/mol. The lowest BCUT2D eigenvalue weighted by Gasteiger charge is -2.31. The van der Waals surface area contributed by atoms with E-state index in [1.54, 1.807) is 0 Å². The standard InChI is InChI=1S/C13H29NO2/c1-11(2)6-8-16-9-7-13(5,10-15)14-12(3)4/h11-12,14-15H,6-10H2,1-5H3. The molecule has 0 aromatic heterocycles. The second kappa shape index (κ2) is 8.04. The minimum absolute atomic E-state index is 0.152. The van der Waals surface area contributed by atoms with Crippen LogP contribution in [0.25, 0.3) is 0 Å². The van der Waals surface area contributed by atoms with Gasteiger partial charge in [0.25, 0.3) is 0 Å². The average molecular weight is 231 g/mol. The summed E-state index contributed by atoms with van der Waals surface area (Å²) < 4.78 is 5.57. The number of rotatable bonds is 9. The molecule has 0 heterocycles. The molecule has 16 heavy (non-hydrogen) atoms. The first-order valence-electron chi connectivity index (χ1n) is 6.36. The minimum atomic E-state index is -0.216. The number of aliphatic hydroxyl groups excluding tert-OH is 1. The second-order valence-electron chi connectivity index (χ2n) is 5.56. The molecule has 0 saturated carbocycles. The van der Waals surface area contributed by atoms with Gasteiger partial charge >= 0.3 is 0 Å². The number of aliphatic hydroxyl groups is 1. The Kier molecular flexibility index (Phi) is 7.98. The van der Waals surface area contributed by atoms with Gasteiger partial charge in [0.2, 0.25) is 0 Å². The van der Waals surface area contributed by atoms with Gasteiger partial charge in [0, 0.05) is 24.8 Å². The van der Waals surface area contributed by atoms with Gasteiger partial charge in [0.05, 0.1) is 6.61 Å². The van der Waals surface area contributed by atoms with Crippen LogP contribution in [0.15, 0.2) is 0 Å². The van der Waals surface area contributed by atoms with Crippen molar-refractivity contribution in [2.45, 2.75) is 59.0 Å². The highest BCUT2D eigenvalue weighted by molar-refractivity contribution is 4.83. The van der Waals surface area contributed by atoms with Crippen molar-refractivity contribution in [3.05, 3.63) is 0 Å². The molecule has 0 aliphatic carbocycles. The molecule has 0 rings (SSSR count). The predicted octanol–water partition coefficient (Wildman–Crippen LogP) is 2.19. The molecule has 0 aromatic rings. The third-order valence-corrected chi connectivity index (χ3v) is 2.62. The van der Waals surface area contributed by atoms with Crippen molar-refractivity contribution < 1.29 is 9.84 Å². The fraction of sp³-hybridized carbons (Fsp3) is 1.00. The Labute approximate surface area is 101 Å². The van der Waals surface area contributed by atoms with Crippen LogP contribution in [0.4, 0.5) is 0 Å². The molecule has 0 aromatic carbocycles. The molecule has 98 valence electrons. The first kappa shape index (κ1) is 15.9. The van der Waals surface area contributed by atoms with Gasteiger partial charge in [-0.05, 0) is 25.7 Å². The summed E-state index contributed by atoms with van der Waals surface area (Å²) in [6.07, 6.45) is 1.95. The molecule has 0 amide bonds. The summed E-state index contributed by atoms with van der Waals surface area (Å²) in [5, 5.41) is 12.7. The lowest BCUT2D eigenvalue weighted by atomic mass is 9.98. The van der Waals surface area contributed by atoms with Gasteiger partial charge in [-0.1, -0.05) is 27.7 Å². The lowest BCUT2D eigenvalue weighted by Crippen LogP contribution is -2.49. The highest BCUT2D eigenvalue weighted by Gasteiger charge is 2.23. The van der Waals surface area contributed by atoms with Crippen LogP contribution in [0.3, 0.4) is 0 Å². The minimum Gasteiger partial charge on any atom is -0.394 e. The zero-order valence-corrected chi connectivity index (χ0v) is 11.5. The Morgan fingerprint density at radius 3 is 2.25 bits per heavy atom.